The topological polar surface area (TPSA) is 162 Å². The van der Waals surface area contributed by atoms with Crippen LogP contribution < -0.4 is 14.2 Å². The molecule has 0 aromatic heterocycles. The number of nitrogens with zero attached hydrogens (tertiary/aromatic N) is 3. The predicted molar refractivity (Wildman–Crippen MR) is 270 cm³/mol. The van der Waals surface area contributed by atoms with Gasteiger partial charge in [-0.1, -0.05) is 78.7 Å². The highest BCUT2D eigenvalue weighted by molar-refractivity contribution is 6.03. The van der Waals surface area contributed by atoms with E-state index in [1.165, 1.54) is 24.3 Å². The van der Waals surface area contributed by atoms with Gasteiger partial charge in [-0.3, -0.25) is 15.0 Å². The van der Waals surface area contributed by atoms with Gasteiger partial charge in [-0.2, -0.15) is 0 Å². The fourth-order valence-corrected chi connectivity index (χ4v) is 10.5. The van der Waals surface area contributed by atoms with Crippen LogP contribution in [0.1, 0.15) is 93.9 Å². The van der Waals surface area contributed by atoms with E-state index in [1.807, 2.05) is 93.6 Å². The van der Waals surface area contributed by atoms with Gasteiger partial charge in [0.1, 0.15) is 34.6 Å². The smallest absolute Gasteiger partial charge is 0.416 e. The van der Waals surface area contributed by atoms with Crippen molar-refractivity contribution in [1.29, 1.82) is 0 Å². The minimum atomic E-state index is -1.58. The average Bonchev–Trinajstić information content (AvgIpc) is 3.34. The van der Waals surface area contributed by atoms with Gasteiger partial charge in [-0.25, -0.2) is 4.79 Å². The number of oxime groups is 1. The fourth-order valence-electron chi connectivity index (χ4n) is 10.5. The Balaban J connectivity index is 1.37. The number of ether oxygens (including phenoxy) is 4. The molecular formula is C57H65N3O10. The van der Waals surface area contributed by atoms with Gasteiger partial charge in [-0.15, -0.1) is 6.58 Å². The summed E-state index contributed by atoms with van der Waals surface area (Å²) in [7, 11) is 0. The molecule has 3 aliphatic rings. The Hall–Kier alpha value is -6.54. The van der Waals surface area contributed by atoms with Crippen molar-refractivity contribution in [3.05, 3.63) is 160 Å². The first-order valence-corrected chi connectivity index (χ1v) is 24.4. The van der Waals surface area contributed by atoms with Crippen LogP contribution in [-0.2, 0) is 16.1 Å². The summed E-state index contributed by atoms with van der Waals surface area (Å²) in [5, 5.41) is 38.7. The first-order valence-electron chi connectivity index (χ1n) is 24.4. The molecule has 70 heavy (non-hydrogen) atoms. The summed E-state index contributed by atoms with van der Waals surface area (Å²) in [6.45, 7) is 14.3. The van der Waals surface area contributed by atoms with Crippen molar-refractivity contribution >= 4 is 28.3 Å². The van der Waals surface area contributed by atoms with Crippen molar-refractivity contribution in [3.8, 4) is 23.0 Å². The molecule has 6 atom stereocenters. The lowest BCUT2D eigenvalue weighted by atomic mass is 9.55. The molecule has 2 N–H and O–H groups in total. The maximum absolute atomic E-state index is 15.4. The second-order valence-corrected chi connectivity index (χ2v) is 19.7. The second-order valence-electron chi connectivity index (χ2n) is 19.7. The molecule has 8 rings (SSSR count). The third-order valence-electron chi connectivity index (χ3n) is 13.9. The molecule has 1 fully saturated rings. The number of nitro groups is 1. The van der Waals surface area contributed by atoms with Crippen LogP contribution in [0.25, 0.3) is 10.8 Å². The van der Waals surface area contributed by atoms with Crippen LogP contribution in [0.5, 0.6) is 23.0 Å². The number of aryl methyl sites for hydroxylation is 2. The molecular weight excluding hydrogens is 887 g/mol. The molecule has 13 heteroatoms. The van der Waals surface area contributed by atoms with Crippen molar-refractivity contribution < 1.29 is 43.7 Å². The molecule has 2 aliphatic carbocycles. The third-order valence-corrected chi connectivity index (χ3v) is 13.9. The van der Waals surface area contributed by atoms with Crippen molar-refractivity contribution in [2.45, 2.75) is 109 Å². The number of aliphatic hydroxyl groups is 2. The van der Waals surface area contributed by atoms with E-state index in [1.54, 1.807) is 11.0 Å². The average molecular weight is 952 g/mol. The number of amides is 1. The minimum Gasteiger partial charge on any atom is -0.459 e. The number of allylic oxidation sites excluding steroid dienone is 1. The number of nitro benzene ring substituents is 1. The minimum absolute atomic E-state index is 0.0177. The molecule has 0 spiro atoms. The highest BCUT2D eigenvalue weighted by Gasteiger charge is 2.66. The van der Waals surface area contributed by atoms with Crippen molar-refractivity contribution in [3.63, 3.8) is 0 Å². The maximum Gasteiger partial charge on any atom is 0.416 e. The summed E-state index contributed by atoms with van der Waals surface area (Å²) in [5.41, 5.74) is 4.74. The number of non-ortho nitro benzene ring substituents is 1. The number of fused-ring (bicyclic) bond motifs is 3. The molecule has 5 aromatic rings. The van der Waals surface area contributed by atoms with Crippen molar-refractivity contribution in [2.75, 3.05) is 19.8 Å². The Morgan fingerprint density at radius 3 is 2.31 bits per heavy atom. The van der Waals surface area contributed by atoms with E-state index in [9.17, 15) is 20.3 Å². The predicted octanol–water partition coefficient (Wildman–Crippen LogP) is 12.3. The quantitative estimate of drug-likeness (QED) is 0.0352. The molecule has 0 bridgehead atoms. The molecule has 0 saturated heterocycles. The van der Waals surface area contributed by atoms with E-state index in [0.717, 1.165) is 64.3 Å². The standard InChI is InChI=1S/C57H65N3O10/c1-7-31-66-57-52(59(36-41-18-14-17-39-15-8-9-19-46(39)41)55(63)68-43-25-22-42(23-26-43)60(64)65)35-50(58-70-56(4,5)6)48-33-40(16-10-12-29-61)47(20-11-13-30-62)53(54(48)57)49-34-45(27-28-51(49)69-57)67-44-24-21-37(2)38(3)32-44/h7-9,14-15,17-19,21-28,32-34,40,47,52-54,61-62H,1,10-13,16,20,29-31,35-36H2,2-6H3/t40-,47+,52-,53+,54+,57+/m0/s1. The summed E-state index contributed by atoms with van der Waals surface area (Å²) < 4.78 is 27.6. The number of benzene rings is 5. The lowest BCUT2D eigenvalue weighted by Gasteiger charge is -2.60. The van der Waals surface area contributed by atoms with E-state index >= 15 is 4.79 Å². The molecule has 1 aliphatic heterocycles. The van der Waals surface area contributed by atoms with Crippen LogP contribution in [0.15, 0.2) is 133 Å². The number of hydrogen-bond acceptors (Lipinski definition) is 11. The van der Waals surface area contributed by atoms with E-state index in [-0.39, 0.29) is 62.0 Å². The zero-order valence-corrected chi connectivity index (χ0v) is 40.8. The molecule has 1 heterocycles. The lowest BCUT2D eigenvalue weighted by Crippen LogP contribution is -2.70. The third kappa shape index (κ3) is 10.8. The van der Waals surface area contributed by atoms with Crippen LogP contribution in [0.4, 0.5) is 10.5 Å². The molecule has 1 saturated carbocycles. The fraction of sp³-hybridized carbons (Fsp3) is 0.404. The summed E-state index contributed by atoms with van der Waals surface area (Å²) >= 11 is 0. The van der Waals surface area contributed by atoms with Crippen LogP contribution in [0, 0.1) is 41.7 Å². The summed E-state index contributed by atoms with van der Waals surface area (Å²) in [4.78, 5) is 34.5. The Labute approximate surface area is 410 Å². The van der Waals surface area contributed by atoms with Crippen LogP contribution in [0.3, 0.4) is 0 Å². The zero-order valence-electron chi connectivity index (χ0n) is 40.8. The number of hydrogen-bond donors (Lipinski definition) is 2. The van der Waals surface area contributed by atoms with Crippen LogP contribution in [-0.4, -0.2) is 69.1 Å². The Morgan fingerprint density at radius 2 is 1.60 bits per heavy atom. The molecule has 1 amide bonds. The summed E-state index contributed by atoms with van der Waals surface area (Å²) in [6.07, 6.45) is 7.75. The summed E-state index contributed by atoms with van der Waals surface area (Å²) in [5.74, 6) is -0.445. The molecule has 5 aromatic carbocycles. The van der Waals surface area contributed by atoms with E-state index in [2.05, 4.69) is 32.6 Å². The van der Waals surface area contributed by atoms with E-state index in [4.69, 9.17) is 28.9 Å². The number of unbranched alkanes of at least 4 members (excludes halogenated alkanes) is 2. The van der Waals surface area contributed by atoms with Crippen molar-refractivity contribution in [2.24, 2.45) is 22.9 Å². The normalized spacial score (nSPS) is 22.0. The first-order chi connectivity index (χ1) is 33.7. The molecule has 0 radical (unpaired) electrons. The van der Waals surface area contributed by atoms with Gasteiger partial charge in [0.15, 0.2) is 0 Å². The number of carbonyl (C=O) groups excluding carboxylic acids is 1. The van der Waals surface area contributed by atoms with Gasteiger partial charge in [-0.05, 0) is 148 Å². The van der Waals surface area contributed by atoms with Gasteiger partial charge in [0.2, 0.25) is 5.79 Å². The highest BCUT2D eigenvalue weighted by Crippen LogP contribution is 2.62. The zero-order chi connectivity index (χ0) is 49.6. The van der Waals surface area contributed by atoms with Gasteiger partial charge < -0.3 is 34.0 Å². The van der Waals surface area contributed by atoms with E-state index in [0.29, 0.717) is 35.8 Å². The molecule has 13 nitrogen and oxygen atoms in total. The lowest BCUT2D eigenvalue weighted by molar-refractivity contribution is -0.384. The highest BCUT2D eigenvalue weighted by atomic mass is 16.7. The van der Waals surface area contributed by atoms with Crippen LogP contribution >= 0.6 is 0 Å². The van der Waals surface area contributed by atoms with Crippen LogP contribution in [0.2, 0.25) is 0 Å². The number of carbonyl (C=O) groups is 1. The van der Waals surface area contributed by atoms with Crippen molar-refractivity contribution in [1.82, 2.24) is 4.90 Å². The molecule has 368 valence electrons. The van der Waals surface area contributed by atoms with Gasteiger partial charge >= 0.3 is 6.09 Å². The Kier molecular flexibility index (Phi) is 15.4. The summed E-state index contributed by atoms with van der Waals surface area (Å²) in [6, 6.07) is 30.4. The number of rotatable bonds is 19. The second kappa shape index (κ2) is 21.6. The maximum atomic E-state index is 15.4. The monoisotopic (exact) mass is 951 g/mol. The Morgan fingerprint density at radius 1 is 0.900 bits per heavy atom. The Bertz CT molecular complexity index is 2740. The molecule has 0 unspecified atom stereocenters. The largest absolute Gasteiger partial charge is 0.459 e. The number of aliphatic hydroxyl groups excluding tert-OH is 2. The first kappa shape index (κ1) is 49.9. The van der Waals surface area contributed by atoms with E-state index < -0.39 is 34.4 Å². The van der Waals surface area contributed by atoms with Gasteiger partial charge in [0.25, 0.3) is 5.69 Å². The van der Waals surface area contributed by atoms with Gasteiger partial charge in [0.05, 0.1) is 29.7 Å². The SMILES string of the molecule is C=CCO[C@@]12Oc3ccc(Oc4ccc(C)c(C)c4)cc3[C@H]3[C@H](CCCCO)[C@@H](CCCCO)C=C(C(=NOC(C)(C)C)C[C@@H]1N(Cc1cccc4ccccc14)C(=O)Oc1ccc([N+](=O)[O-])cc1)[C@H]32. The van der Waals surface area contributed by atoms with Gasteiger partial charge in [0, 0.05) is 43.2 Å².